The number of para-hydroxylation sites is 1. The molecule has 2 amide bonds. The summed E-state index contributed by atoms with van der Waals surface area (Å²) in [4.78, 5) is 29.7. The molecular weight excluding hydrogens is 558 g/mol. The molecule has 0 unspecified atom stereocenters. The molecule has 3 aromatic carbocycles. The Morgan fingerprint density at radius 2 is 1.54 bits per heavy atom. The van der Waals surface area contributed by atoms with Gasteiger partial charge in [-0.3, -0.25) is 13.9 Å². The van der Waals surface area contributed by atoms with Crippen LogP contribution in [0.15, 0.2) is 72.8 Å². The van der Waals surface area contributed by atoms with Gasteiger partial charge in [0, 0.05) is 24.0 Å². The highest BCUT2D eigenvalue weighted by molar-refractivity contribution is 7.92. The van der Waals surface area contributed by atoms with Crippen LogP contribution in [-0.4, -0.2) is 50.0 Å². The van der Waals surface area contributed by atoms with Gasteiger partial charge in [0.05, 0.1) is 11.9 Å². The fourth-order valence-electron chi connectivity index (χ4n) is 5.53. The van der Waals surface area contributed by atoms with Crippen molar-refractivity contribution in [2.45, 2.75) is 64.6 Å². The molecule has 41 heavy (non-hydrogen) atoms. The van der Waals surface area contributed by atoms with E-state index in [1.54, 1.807) is 18.2 Å². The number of carbonyl (C=O) groups is 2. The Kier molecular flexibility index (Phi) is 10.1. The molecule has 0 spiro atoms. The monoisotopic (exact) mass is 595 g/mol. The van der Waals surface area contributed by atoms with Crippen LogP contribution in [0.1, 0.15) is 47.9 Å². The molecule has 1 aliphatic carbocycles. The lowest BCUT2D eigenvalue weighted by Gasteiger charge is -2.34. The third-order valence-electron chi connectivity index (χ3n) is 7.58. The van der Waals surface area contributed by atoms with Gasteiger partial charge in [0.25, 0.3) is 0 Å². The molecule has 0 heterocycles. The zero-order chi connectivity index (χ0) is 29.6. The summed E-state index contributed by atoms with van der Waals surface area (Å²) in [5.41, 5.74) is 3.60. The van der Waals surface area contributed by atoms with Crippen molar-refractivity contribution in [2.24, 2.45) is 0 Å². The standard InChI is InChI=1S/C32H38ClN3O4S/c1-23-11-9-12-24(2)31(23)36(41(3,39)40)22-30(37)35(21-26-15-10-16-27(33)19-26)29(20-25-13-5-4-6-14-25)32(38)34-28-17-7-8-18-28/h4-6,9-16,19,28-29H,7-8,17-18,20-22H2,1-3H3,(H,34,38)/t29-/m0/s1. The Morgan fingerprint density at radius 3 is 2.15 bits per heavy atom. The normalized spacial score (nSPS) is 14.4. The van der Waals surface area contributed by atoms with Crippen molar-refractivity contribution in [1.82, 2.24) is 10.2 Å². The molecule has 218 valence electrons. The van der Waals surface area contributed by atoms with Crippen molar-refractivity contribution in [2.75, 3.05) is 17.1 Å². The molecule has 0 saturated heterocycles. The number of nitrogens with one attached hydrogen (secondary N) is 1. The van der Waals surface area contributed by atoms with Crippen molar-refractivity contribution in [1.29, 1.82) is 0 Å². The van der Waals surface area contributed by atoms with Crippen molar-refractivity contribution in [3.63, 3.8) is 0 Å². The fourth-order valence-corrected chi connectivity index (χ4v) is 6.71. The summed E-state index contributed by atoms with van der Waals surface area (Å²) in [5.74, 6) is -0.713. The summed E-state index contributed by atoms with van der Waals surface area (Å²) in [6.07, 6.45) is 5.30. The van der Waals surface area contributed by atoms with E-state index in [1.165, 1.54) is 4.90 Å². The minimum absolute atomic E-state index is 0.0611. The van der Waals surface area contributed by atoms with Crippen LogP contribution < -0.4 is 9.62 Å². The van der Waals surface area contributed by atoms with E-state index in [1.807, 2.05) is 68.4 Å². The zero-order valence-electron chi connectivity index (χ0n) is 23.8. The number of rotatable bonds is 11. The molecule has 3 aromatic rings. The summed E-state index contributed by atoms with van der Waals surface area (Å²) in [5, 5.41) is 3.69. The summed E-state index contributed by atoms with van der Waals surface area (Å²) >= 11 is 6.28. The lowest BCUT2D eigenvalue weighted by atomic mass is 10.0. The number of carbonyl (C=O) groups excluding carboxylic acids is 2. The molecular formula is C32H38ClN3O4S. The smallest absolute Gasteiger partial charge is 0.244 e. The Bertz CT molecular complexity index is 1450. The van der Waals surface area contributed by atoms with E-state index in [2.05, 4.69) is 5.32 Å². The Morgan fingerprint density at radius 1 is 0.927 bits per heavy atom. The maximum absolute atomic E-state index is 14.3. The first-order valence-electron chi connectivity index (χ1n) is 13.9. The number of hydrogen-bond donors (Lipinski definition) is 1. The number of benzene rings is 3. The van der Waals surface area contributed by atoms with Crippen LogP contribution in [0.2, 0.25) is 5.02 Å². The van der Waals surface area contributed by atoms with Gasteiger partial charge in [0.1, 0.15) is 12.6 Å². The first kappa shape index (κ1) is 30.6. The molecule has 0 aromatic heterocycles. The molecule has 0 radical (unpaired) electrons. The van der Waals surface area contributed by atoms with Crippen LogP contribution in [0.4, 0.5) is 5.69 Å². The molecule has 1 saturated carbocycles. The summed E-state index contributed by atoms with van der Waals surface area (Å²) in [7, 11) is -3.83. The number of hydrogen-bond acceptors (Lipinski definition) is 4. The maximum Gasteiger partial charge on any atom is 0.244 e. The Hall–Kier alpha value is -3.36. The van der Waals surface area contributed by atoms with Gasteiger partial charge in [-0.15, -0.1) is 0 Å². The topological polar surface area (TPSA) is 86.8 Å². The first-order valence-corrected chi connectivity index (χ1v) is 16.2. The maximum atomic E-state index is 14.3. The van der Waals surface area contributed by atoms with Gasteiger partial charge in [-0.25, -0.2) is 8.42 Å². The van der Waals surface area contributed by atoms with E-state index in [0.29, 0.717) is 10.7 Å². The zero-order valence-corrected chi connectivity index (χ0v) is 25.4. The summed E-state index contributed by atoms with van der Waals surface area (Å²) < 4.78 is 27.3. The highest BCUT2D eigenvalue weighted by Crippen LogP contribution is 2.28. The third-order valence-corrected chi connectivity index (χ3v) is 8.93. The quantitative estimate of drug-likeness (QED) is 0.321. The lowest BCUT2D eigenvalue weighted by molar-refractivity contribution is -0.140. The predicted molar refractivity (Wildman–Crippen MR) is 164 cm³/mol. The molecule has 1 N–H and O–H groups in total. The number of nitrogens with zero attached hydrogens (tertiary/aromatic N) is 2. The molecule has 0 aliphatic heterocycles. The molecule has 1 fully saturated rings. The number of amides is 2. The van der Waals surface area contributed by atoms with Crippen molar-refractivity contribution >= 4 is 39.1 Å². The second-order valence-corrected chi connectivity index (χ2v) is 13.2. The van der Waals surface area contributed by atoms with Gasteiger partial charge in [-0.2, -0.15) is 0 Å². The van der Waals surface area contributed by atoms with E-state index < -0.39 is 28.5 Å². The van der Waals surface area contributed by atoms with Gasteiger partial charge in [-0.1, -0.05) is 85.1 Å². The number of aryl methyl sites for hydroxylation is 2. The number of anilines is 1. The van der Waals surface area contributed by atoms with Gasteiger partial charge in [0.2, 0.25) is 21.8 Å². The third kappa shape index (κ3) is 8.11. The van der Waals surface area contributed by atoms with Crippen LogP contribution in [0.25, 0.3) is 0 Å². The van der Waals surface area contributed by atoms with Crippen molar-refractivity contribution in [3.8, 4) is 0 Å². The van der Waals surface area contributed by atoms with Crippen molar-refractivity contribution in [3.05, 3.63) is 100 Å². The van der Waals surface area contributed by atoms with Gasteiger partial charge < -0.3 is 10.2 Å². The molecule has 9 heteroatoms. The van der Waals surface area contributed by atoms with Crippen LogP contribution in [0, 0.1) is 13.8 Å². The highest BCUT2D eigenvalue weighted by Gasteiger charge is 2.34. The van der Waals surface area contributed by atoms with E-state index in [9.17, 15) is 18.0 Å². The van der Waals surface area contributed by atoms with Crippen LogP contribution in [-0.2, 0) is 32.6 Å². The van der Waals surface area contributed by atoms with Gasteiger partial charge >= 0.3 is 0 Å². The molecule has 1 aliphatic rings. The second-order valence-electron chi connectivity index (χ2n) is 10.9. The second kappa shape index (κ2) is 13.5. The molecule has 1 atom stereocenters. The van der Waals surface area contributed by atoms with E-state index in [4.69, 9.17) is 11.6 Å². The minimum Gasteiger partial charge on any atom is -0.352 e. The van der Waals surface area contributed by atoms with E-state index >= 15 is 0 Å². The van der Waals surface area contributed by atoms with Gasteiger partial charge in [0.15, 0.2) is 0 Å². The molecule has 0 bridgehead atoms. The first-order chi connectivity index (χ1) is 19.5. The molecule has 4 rings (SSSR count). The highest BCUT2D eigenvalue weighted by atomic mass is 35.5. The van der Waals surface area contributed by atoms with Crippen molar-refractivity contribution < 1.29 is 18.0 Å². The SMILES string of the molecule is Cc1cccc(C)c1N(CC(=O)N(Cc1cccc(Cl)c1)[C@@H](Cc1ccccc1)C(=O)NC1CCCC1)S(C)(=O)=O. The van der Waals surface area contributed by atoms with E-state index in [0.717, 1.165) is 58.5 Å². The predicted octanol–water partition coefficient (Wildman–Crippen LogP) is 5.42. The van der Waals surface area contributed by atoms with Gasteiger partial charge in [-0.05, 0) is 61.1 Å². The number of halogens is 1. The largest absolute Gasteiger partial charge is 0.352 e. The minimum atomic E-state index is -3.83. The summed E-state index contributed by atoms with van der Waals surface area (Å²) in [6.45, 7) is 3.30. The van der Waals surface area contributed by atoms with Crippen LogP contribution >= 0.6 is 11.6 Å². The van der Waals surface area contributed by atoms with Crippen LogP contribution in [0.3, 0.4) is 0 Å². The Labute approximate surface area is 248 Å². The molecule has 7 nitrogen and oxygen atoms in total. The average Bonchev–Trinajstić information content (AvgIpc) is 3.43. The number of sulfonamides is 1. The fraction of sp³-hybridized carbons (Fsp3) is 0.375. The van der Waals surface area contributed by atoms with Crippen LogP contribution in [0.5, 0.6) is 0 Å². The lowest BCUT2D eigenvalue weighted by Crippen LogP contribution is -2.54. The average molecular weight is 596 g/mol. The summed E-state index contributed by atoms with van der Waals surface area (Å²) in [6, 6.07) is 21.4. The Balaban J connectivity index is 1.75. The van der Waals surface area contributed by atoms with E-state index in [-0.39, 0.29) is 24.9 Å².